The molecule has 0 fully saturated rings. The van der Waals surface area contributed by atoms with Crippen molar-refractivity contribution < 1.29 is 9.53 Å². The Balaban J connectivity index is 2.60. The molecule has 5 heteroatoms. The van der Waals surface area contributed by atoms with Crippen LogP contribution < -0.4 is 15.8 Å². The fraction of sp³-hybridized carbons (Fsp3) is 0.400. The van der Waals surface area contributed by atoms with Crippen LogP contribution in [0.15, 0.2) is 12.1 Å². The number of rotatable bonds is 5. The van der Waals surface area contributed by atoms with Gasteiger partial charge in [0.1, 0.15) is 5.75 Å². The Kier molecular flexibility index (Phi) is 4.05. The molecule has 0 atom stereocenters. The lowest BCUT2D eigenvalue weighted by Crippen LogP contribution is -2.28. The third-order valence-electron chi connectivity index (χ3n) is 1.82. The summed E-state index contributed by atoms with van der Waals surface area (Å²) in [6.07, 6.45) is 0. The van der Waals surface area contributed by atoms with Crippen molar-refractivity contribution in [3.05, 3.63) is 23.5 Å². The van der Waals surface area contributed by atoms with E-state index in [1.165, 1.54) is 0 Å². The molecule has 0 saturated heterocycles. The smallest absolute Gasteiger partial charge is 0.231 e. The van der Waals surface area contributed by atoms with Crippen LogP contribution in [0.25, 0.3) is 0 Å². The zero-order valence-electron chi connectivity index (χ0n) is 8.91. The lowest BCUT2D eigenvalue weighted by Gasteiger charge is -2.06. The van der Waals surface area contributed by atoms with Gasteiger partial charge in [-0.05, 0) is 6.92 Å². The number of nitrogens with two attached hydrogens (primary N) is 1. The van der Waals surface area contributed by atoms with Gasteiger partial charge >= 0.3 is 0 Å². The molecule has 0 aliphatic rings. The van der Waals surface area contributed by atoms with Crippen molar-refractivity contribution in [1.29, 1.82) is 0 Å². The van der Waals surface area contributed by atoms with E-state index in [9.17, 15) is 4.79 Å². The van der Waals surface area contributed by atoms with Gasteiger partial charge in [0.05, 0.1) is 19.3 Å². The van der Waals surface area contributed by atoms with Gasteiger partial charge in [-0.1, -0.05) is 0 Å². The van der Waals surface area contributed by atoms with Crippen molar-refractivity contribution in [2.75, 3.05) is 13.7 Å². The van der Waals surface area contributed by atoms with E-state index in [0.717, 1.165) is 17.1 Å². The van der Waals surface area contributed by atoms with Crippen molar-refractivity contribution in [3.63, 3.8) is 0 Å². The third kappa shape index (κ3) is 3.95. The second kappa shape index (κ2) is 5.31. The first-order chi connectivity index (χ1) is 7.11. The largest absolute Gasteiger partial charge is 0.497 e. The summed E-state index contributed by atoms with van der Waals surface area (Å²) in [6.45, 7) is 2.54. The van der Waals surface area contributed by atoms with E-state index in [-0.39, 0.29) is 12.5 Å². The SMILES string of the molecule is COc1cc(C)nc(CNCC(N)=O)c1. The molecular weight excluding hydrogens is 194 g/mol. The Morgan fingerprint density at radius 2 is 2.33 bits per heavy atom. The molecule has 0 radical (unpaired) electrons. The Bertz CT molecular complexity index is 353. The monoisotopic (exact) mass is 209 g/mol. The first-order valence-corrected chi connectivity index (χ1v) is 4.62. The van der Waals surface area contributed by atoms with Crippen molar-refractivity contribution in [2.45, 2.75) is 13.5 Å². The molecule has 3 N–H and O–H groups in total. The van der Waals surface area contributed by atoms with Crippen LogP contribution in [0.1, 0.15) is 11.4 Å². The lowest BCUT2D eigenvalue weighted by molar-refractivity contribution is -0.117. The number of hydrogen-bond donors (Lipinski definition) is 2. The summed E-state index contributed by atoms with van der Waals surface area (Å²) in [5, 5.41) is 2.89. The van der Waals surface area contributed by atoms with E-state index in [2.05, 4.69) is 10.3 Å². The summed E-state index contributed by atoms with van der Waals surface area (Å²) in [5.74, 6) is 0.382. The molecule has 0 saturated carbocycles. The Labute approximate surface area is 88.6 Å². The minimum atomic E-state index is -0.380. The molecule has 0 aliphatic carbocycles. The summed E-state index contributed by atoms with van der Waals surface area (Å²) < 4.78 is 5.10. The van der Waals surface area contributed by atoms with Gasteiger partial charge in [-0.25, -0.2) is 0 Å². The molecule has 5 nitrogen and oxygen atoms in total. The number of carbonyl (C=O) groups is 1. The molecule has 1 aromatic rings. The van der Waals surface area contributed by atoms with Crippen LogP contribution in [0.5, 0.6) is 5.75 Å². The molecule has 15 heavy (non-hydrogen) atoms. The van der Waals surface area contributed by atoms with E-state index in [1.54, 1.807) is 7.11 Å². The molecule has 1 amide bonds. The van der Waals surface area contributed by atoms with Gasteiger partial charge in [0.25, 0.3) is 0 Å². The number of aryl methyl sites for hydroxylation is 1. The van der Waals surface area contributed by atoms with Crippen LogP contribution in [0, 0.1) is 6.92 Å². The van der Waals surface area contributed by atoms with Gasteiger partial charge in [-0.2, -0.15) is 0 Å². The number of nitrogens with zero attached hydrogens (tertiary/aromatic N) is 1. The number of amides is 1. The number of hydrogen-bond acceptors (Lipinski definition) is 4. The molecular formula is C10H15N3O2. The van der Waals surface area contributed by atoms with E-state index in [0.29, 0.717) is 6.54 Å². The van der Waals surface area contributed by atoms with Crippen LogP contribution in [-0.4, -0.2) is 24.5 Å². The topological polar surface area (TPSA) is 77.2 Å². The molecule has 82 valence electrons. The maximum atomic E-state index is 10.5. The minimum Gasteiger partial charge on any atom is -0.497 e. The number of aromatic nitrogens is 1. The summed E-state index contributed by atoms with van der Waals surface area (Å²) in [5.41, 5.74) is 6.70. The van der Waals surface area contributed by atoms with E-state index in [4.69, 9.17) is 10.5 Å². The standard InChI is InChI=1S/C10H15N3O2/c1-7-3-9(15-2)4-8(13-7)5-12-6-10(11)14/h3-4,12H,5-6H2,1-2H3,(H2,11,14). The highest BCUT2D eigenvalue weighted by Gasteiger charge is 2.00. The highest BCUT2D eigenvalue weighted by atomic mass is 16.5. The predicted octanol–water partition coefficient (Wildman–Crippen LogP) is -0.0265. The average molecular weight is 209 g/mol. The predicted molar refractivity (Wildman–Crippen MR) is 56.4 cm³/mol. The van der Waals surface area contributed by atoms with E-state index >= 15 is 0 Å². The van der Waals surface area contributed by atoms with Crippen LogP contribution in [0.4, 0.5) is 0 Å². The Hall–Kier alpha value is -1.62. The van der Waals surface area contributed by atoms with Gasteiger partial charge in [0.15, 0.2) is 0 Å². The zero-order chi connectivity index (χ0) is 11.3. The Morgan fingerprint density at radius 1 is 1.60 bits per heavy atom. The maximum Gasteiger partial charge on any atom is 0.231 e. The number of primary amides is 1. The second-order valence-electron chi connectivity index (χ2n) is 3.21. The molecule has 1 rings (SSSR count). The van der Waals surface area contributed by atoms with Gasteiger partial charge in [-0.15, -0.1) is 0 Å². The first-order valence-electron chi connectivity index (χ1n) is 4.62. The number of pyridine rings is 1. The highest BCUT2D eigenvalue weighted by molar-refractivity contribution is 5.75. The molecule has 0 unspecified atom stereocenters. The van der Waals surface area contributed by atoms with Gasteiger partial charge < -0.3 is 15.8 Å². The highest BCUT2D eigenvalue weighted by Crippen LogP contribution is 2.12. The number of ether oxygens (including phenoxy) is 1. The maximum absolute atomic E-state index is 10.5. The van der Waals surface area contributed by atoms with Crippen molar-refractivity contribution in [3.8, 4) is 5.75 Å². The fourth-order valence-corrected chi connectivity index (χ4v) is 1.23. The summed E-state index contributed by atoms with van der Waals surface area (Å²) in [6, 6.07) is 3.67. The molecule has 1 aromatic heterocycles. The normalized spacial score (nSPS) is 10.0. The van der Waals surface area contributed by atoms with Crippen molar-refractivity contribution >= 4 is 5.91 Å². The first kappa shape index (κ1) is 11.5. The Morgan fingerprint density at radius 3 is 2.93 bits per heavy atom. The van der Waals surface area contributed by atoms with Crippen molar-refractivity contribution in [1.82, 2.24) is 10.3 Å². The van der Waals surface area contributed by atoms with Gasteiger partial charge in [-0.3, -0.25) is 9.78 Å². The lowest BCUT2D eigenvalue weighted by atomic mass is 10.3. The van der Waals surface area contributed by atoms with Crippen LogP contribution in [0.3, 0.4) is 0 Å². The van der Waals surface area contributed by atoms with Crippen LogP contribution in [-0.2, 0) is 11.3 Å². The van der Waals surface area contributed by atoms with E-state index in [1.807, 2.05) is 19.1 Å². The van der Waals surface area contributed by atoms with Crippen LogP contribution >= 0.6 is 0 Å². The van der Waals surface area contributed by atoms with Gasteiger partial charge in [0, 0.05) is 24.4 Å². The average Bonchev–Trinajstić information content (AvgIpc) is 2.16. The van der Waals surface area contributed by atoms with Crippen LogP contribution in [0.2, 0.25) is 0 Å². The van der Waals surface area contributed by atoms with Gasteiger partial charge in [0.2, 0.25) is 5.91 Å². The second-order valence-corrected chi connectivity index (χ2v) is 3.21. The molecule has 1 heterocycles. The van der Waals surface area contributed by atoms with Crippen molar-refractivity contribution in [2.24, 2.45) is 5.73 Å². The summed E-state index contributed by atoms with van der Waals surface area (Å²) in [7, 11) is 1.61. The molecule has 0 aromatic carbocycles. The molecule has 0 spiro atoms. The quantitative estimate of drug-likeness (QED) is 0.714. The zero-order valence-corrected chi connectivity index (χ0v) is 8.91. The molecule has 0 bridgehead atoms. The van der Waals surface area contributed by atoms with E-state index < -0.39 is 0 Å². The third-order valence-corrected chi connectivity index (χ3v) is 1.82. The number of methoxy groups -OCH3 is 1. The minimum absolute atomic E-state index is 0.151. The molecule has 0 aliphatic heterocycles. The number of nitrogens with one attached hydrogen (secondary N) is 1. The summed E-state index contributed by atoms with van der Waals surface area (Å²) in [4.78, 5) is 14.8. The number of carbonyl (C=O) groups excluding carboxylic acids is 1. The fourth-order valence-electron chi connectivity index (χ4n) is 1.23. The summed E-state index contributed by atoms with van der Waals surface area (Å²) >= 11 is 0.